The van der Waals surface area contributed by atoms with Gasteiger partial charge in [-0.1, -0.05) is 84.9 Å². The Morgan fingerprint density at radius 3 is 1.85 bits per heavy atom. The summed E-state index contributed by atoms with van der Waals surface area (Å²) in [6.07, 6.45) is 0. The van der Waals surface area contributed by atoms with Gasteiger partial charge in [0.25, 0.3) is 0 Å². The first-order valence-electron chi connectivity index (χ1n) is 8.90. The first kappa shape index (κ1) is 16.8. The third kappa shape index (κ3) is 3.02. The average molecular weight is 349 g/mol. The number of nitrogens with zero attached hydrogens (tertiary/aromatic N) is 2. The topological polar surface area (TPSA) is 48.7 Å². The lowest BCUT2D eigenvalue weighted by Gasteiger charge is -2.32. The molecule has 27 heavy (non-hydrogen) atoms. The molecule has 4 rings (SSSR count). The van der Waals surface area contributed by atoms with E-state index in [1.807, 2.05) is 66.7 Å². The van der Waals surface area contributed by atoms with Crippen molar-refractivity contribution in [2.75, 3.05) is 5.32 Å². The predicted octanol–water partition coefficient (Wildman–Crippen LogP) is 5.43. The highest BCUT2D eigenvalue weighted by Gasteiger charge is 2.31. The van der Waals surface area contributed by atoms with Crippen LogP contribution in [0.5, 0.6) is 0 Å². The van der Waals surface area contributed by atoms with Crippen molar-refractivity contribution in [3.63, 3.8) is 0 Å². The fourth-order valence-electron chi connectivity index (χ4n) is 3.45. The number of nitriles is 1. The summed E-state index contributed by atoms with van der Waals surface area (Å²) in [5.41, 5.74) is 3.93. The van der Waals surface area contributed by atoms with Gasteiger partial charge in [0.15, 0.2) is 0 Å². The van der Waals surface area contributed by atoms with Gasteiger partial charge in [0, 0.05) is 5.56 Å². The molecule has 0 aromatic heterocycles. The highest BCUT2D eigenvalue weighted by atomic mass is 15.1. The maximum atomic E-state index is 9.79. The molecule has 0 spiro atoms. The van der Waals surface area contributed by atoms with Gasteiger partial charge in [0.05, 0.1) is 11.2 Å². The monoisotopic (exact) mass is 349 g/mol. The van der Waals surface area contributed by atoms with Crippen molar-refractivity contribution < 1.29 is 0 Å². The van der Waals surface area contributed by atoms with E-state index >= 15 is 0 Å². The largest absolute Gasteiger partial charge is 0.356 e. The normalized spacial score (nSPS) is 11.1. The molecule has 1 N–H and O–H groups in total. The highest BCUT2D eigenvalue weighted by Crippen LogP contribution is 2.37. The van der Waals surface area contributed by atoms with E-state index in [1.165, 1.54) is 0 Å². The summed E-state index contributed by atoms with van der Waals surface area (Å²) in [6, 6.07) is 32.5. The summed E-state index contributed by atoms with van der Waals surface area (Å²) in [5.74, 6) is 0.605. The fourth-order valence-corrected chi connectivity index (χ4v) is 3.45. The molecular weight excluding hydrogens is 330 g/mol. The van der Waals surface area contributed by atoms with Crippen LogP contribution in [0.25, 0.3) is 11.3 Å². The summed E-state index contributed by atoms with van der Waals surface area (Å²) in [7, 11) is 0. The van der Waals surface area contributed by atoms with Gasteiger partial charge < -0.3 is 5.32 Å². The Morgan fingerprint density at radius 2 is 1.30 bits per heavy atom. The zero-order valence-corrected chi connectivity index (χ0v) is 15.1. The highest BCUT2D eigenvalue weighted by molar-refractivity contribution is 5.78. The minimum atomic E-state index is -0.520. The Balaban J connectivity index is 1.89. The molecule has 0 radical (unpaired) electrons. The van der Waals surface area contributed by atoms with Crippen molar-refractivity contribution in [3.8, 4) is 17.3 Å². The molecule has 1 aliphatic carbocycles. The van der Waals surface area contributed by atoms with E-state index in [1.54, 1.807) is 0 Å². The van der Waals surface area contributed by atoms with Crippen LogP contribution in [0, 0.1) is 11.3 Å². The van der Waals surface area contributed by atoms with Crippen LogP contribution in [0.15, 0.2) is 91.0 Å². The number of rotatable bonds is 4. The van der Waals surface area contributed by atoms with Gasteiger partial charge in [-0.25, -0.2) is 4.98 Å². The summed E-state index contributed by atoms with van der Waals surface area (Å²) >= 11 is 0. The van der Waals surface area contributed by atoms with Crippen molar-refractivity contribution in [1.82, 2.24) is 4.98 Å². The van der Waals surface area contributed by atoms with Crippen LogP contribution >= 0.6 is 0 Å². The minimum absolute atomic E-state index is 0.520. The Hall–Kier alpha value is -3.64. The molecule has 2 aromatic rings. The van der Waals surface area contributed by atoms with Crippen LogP contribution in [-0.4, -0.2) is 4.98 Å². The molecule has 0 fully saturated rings. The SMILES string of the molecule is CC(Nc1nc2cccccc-2c1C#N)(c1ccccc1)c1ccccc1. The molecule has 3 heteroatoms. The van der Waals surface area contributed by atoms with Gasteiger partial charge in [-0.2, -0.15) is 5.26 Å². The zero-order valence-electron chi connectivity index (χ0n) is 15.1. The molecular formula is C24H19N3. The molecule has 0 saturated carbocycles. The number of anilines is 1. The Labute approximate surface area is 159 Å². The lowest BCUT2D eigenvalue weighted by molar-refractivity contribution is 0.657. The van der Waals surface area contributed by atoms with Gasteiger partial charge >= 0.3 is 0 Å². The standard InChI is InChI=1S/C24H19N3/c1-24(18-11-5-2-6-12-18,19-13-7-3-8-14-19)27-23-21(17-25)20-15-9-4-10-16-22(20)26-23/h2-16H,1H3,(H,26,27). The average Bonchev–Trinajstić information content (AvgIpc) is 2.87. The molecule has 2 aliphatic rings. The van der Waals surface area contributed by atoms with E-state index < -0.39 is 5.54 Å². The van der Waals surface area contributed by atoms with Crippen LogP contribution in [0.3, 0.4) is 0 Å². The van der Waals surface area contributed by atoms with E-state index in [2.05, 4.69) is 42.6 Å². The molecule has 3 nitrogen and oxygen atoms in total. The van der Waals surface area contributed by atoms with Crippen LogP contribution in [0.2, 0.25) is 0 Å². The Kier molecular flexibility index (Phi) is 4.32. The third-order valence-electron chi connectivity index (χ3n) is 4.94. The van der Waals surface area contributed by atoms with E-state index in [4.69, 9.17) is 4.98 Å². The molecule has 0 atom stereocenters. The lowest BCUT2D eigenvalue weighted by Crippen LogP contribution is -2.33. The van der Waals surface area contributed by atoms with Crippen molar-refractivity contribution >= 4 is 5.82 Å². The molecule has 0 saturated heterocycles. The lowest BCUT2D eigenvalue weighted by atomic mass is 9.84. The molecule has 0 bridgehead atoms. The van der Waals surface area contributed by atoms with E-state index in [0.717, 1.165) is 22.4 Å². The molecule has 0 unspecified atom stereocenters. The number of hydrogen-bond acceptors (Lipinski definition) is 3. The first-order chi connectivity index (χ1) is 13.2. The van der Waals surface area contributed by atoms with Gasteiger partial charge in [0.2, 0.25) is 0 Å². The Bertz CT molecular complexity index is 1030. The third-order valence-corrected chi connectivity index (χ3v) is 4.94. The number of benzene rings is 2. The molecule has 0 amide bonds. The summed E-state index contributed by atoms with van der Waals surface area (Å²) in [6.45, 7) is 2.12. The van der Waals surface area contributed by atoms with Gasteiger partial charge in [-0.05, 0) is 24.1 Å². The van der Waals surface area contributed by atoms with Gasteiger partial charge in [-0.15, -0.1) is 0 Å². The minimum Gasteiger partial charge on any atom is -0.356 e. The predicted molar refractivity (Wildman–Crippen MR) is 109 cm³/mol. The second-order valence-corrected chi connectivity index (χ2v) is 6.64. The van der Waals surface area contributed by atoms with Crippen LogP contribution in [-0.2, 0) is 5.54 Å². The van der Waals surface area contributed by atoms with E-state index in [0.29, 0.717) is 11.4 Å². The number of fused-ring (bicyclic) bond motifs is 1. The van der Waals surface area contributed by atoms with Crippen molar-refractivity contribution in [2.24, 2.45) is 0 Å². The van der Waals surface area contributed by atoms with Gasteiger partial charge in [-0.3, -0.25) is 0 Å². The summed E-state index contributed by atoms with van der Waals surface area (Å²) in [4.78, 5) is 4.73. The van der Waals surface area contributed by atoms with Gasteiger partial charge in [0.1, 0.15) is 17.5 Å². The smallest absolute Gasteiger partial charge is 0.146 e. The fraction of sp³-hybridized carbons (Fsp3) is 0.0833. The molecule has 1 heterocycles. The Morgan fingerprint density at radius 1 is 0.778 bits per heavy atom. The van der Waals surface area contributed by atoms with Crippen molar-refractivity contribution in [3.05, 3.63) is 108 Å². The van der Waals surface area contributed by atoms with Crippen molar-refractivity contribution in [2.45, 2.75) is 12.5 Å². The number of hydrogen-bond donors (Lipinski definition) is 1. The van der Waals surface area contributed by atoms with Crippen molar-refractivity contribution in [1.29, 1.82) is 5.26 Å². The quantitative estimate of drug-likeness (QED) is 0.534. The molecule has 130 valence electrons. The second-order valence-electron chi connectivity index (χ2n) is 6.64. The zero-order chi connectivity index (χ0) is 18.7. The molecule has 1 aliphatic heterocycles. The van der Waals surface area contributed by atoms with Crippen LogP contribution in [0.4, 0.5) is 5.82 Å². The second kappa shape index (κ2) is 6.93. The summed E-state index contributed by atoms with van der Waals surface area (Å²) < 4.78 is 0. The number of aromatic nitrogens is 1. The van der Waals surface area contributed by atoms with Crippen LogP contribution < -0.4 is 5.32 Å². The van der Waals surface area contributed by atoms with E-state index in [9.17, 15) is 5.26 Å². The summed E-state index contributed by atoms with van der Waals surface area (Å²) in [5, 5.41) is 13.4. The van der Waals surface area contributed by atoms with E-state index in [-0.39, 0.29) is 0 Å². The molecule has 2 aromatic carbocycles. The number of nitrogens with one attached hydrogen (secondary N) is 1. The maximum absolute atomic E-state index is 9.79. The first-order valence-corrected chi connectivity index (χ1v) is 8.90. The van der Waals surface area contributed by atoms with Crippen LogP contribution in [0.1, 0.15) is 23.6 Å². The maximum Gasteiger partial charge on any atom is 0.146 e.